The van der Waals surface area contributed by atoms with Crippen LogP contribution in [0, 0.1) is 12.0 Å². The van der Waals surface area contributed by atoms with E-state index < -0.39 is 0 Å². The van der Waals surface area contributed by atoms with Gasteiger partial charge in [-0.3, -0.25) is 6.08 Å². The average Bonchev–Trinajstić information content (AvgIpc) is 2.90. The SMILES string of the molecule is C=CCC[O-].C=CCC[O-].C[C-](C)C.[C-]1=CC=CC1.[Zr+4]. The zero-order chi connectivity index (χ0) is 15.4. The van der Waals surface area contributed by atoms with Gasteiger partial charge < -0.3 is 16.1 Å². The number of rotatable bonds is 4. The molecule has 20 heavy (non-hydrogen) atoms. The molecule has 2 nitrogen and oxygen atoms in total. The summed E-state index contributed by atoms with van der Waals surface area (Å²) < 4.78 is 0. The monoisotopic (exact) mass is 354 g/mol. The molecule has 0 aromatic rings. The molecular formula is C17H28O2Zr. The molecule has 0 saturated heterocycles. The summed E-state index contributed by atoms with van der Waals surface area (Å²) in [7, 11) is 0. The van der Waals surface area contributed by atoms with Gasteiger partial charge in [0.2, 0.25) is 0 Å². The van der Waals surface area contributed by atoms with Crippen LogP contribution in [0.3, 0.4) is 0 Å². The maximum Gasteiger partial charge on any atom is 4.00 e. The van der Waals surface area contributed by atoms with Crippen molar-refractivity contribution < 1.29 is 36.4 Å². The fourth-order valence-electron chi connectivity index (χ4n) is 0.507. The van der Waals surface area contributed by atoms with Gasteiger partial charge in [0.1, 0.15) is 0 Å². The molecule has 0 amide bonds. The van der Waals surface area contributed by atoms with Crippen molar-refractivity contribution in [3.05, 3.63) is 55.5 Å². The standard InChI is InChI=1S/C5H5.2C4H7O.C4H9.Zr/c1-2-4-5-3-1;2*1-2-3-4-5;1-4(2)3;/h1-3H,4H2;2*2H,1,3-4H2;1-3H3;/q4*-1;+4. The van der Waals surface area contributed by atoms with Gasteiger partial charge in [-0.1, -0.05) is 25.0 Å². The Balaban J connectivity index is -0.0000000843. The van der Waals surface area contributed by atoms with Crippen LogP contribution >= 0.6 is 0 Å². The third-order valence-electron chi connectivity index (χ3n) is 1.23. The molecule has 0 spiro atoms. The third-order valence-corrected chi connectivity index (χ3v) is 1.23. The summed E-state index contributed by atoms with van der Waals surface area (Å²) in [6, 6.07) is 0. The van der Waals surface area contributed by atoms with Gasteiger partial charge in [0.25, 0.3) is 0 Å². The number of hydrogen-bond donors (Lipinski definition) is 0. The Morgan fingerprint density at radius 2 is 1.50 bits per heavy atom. The molecule has 0 aromatic heterocycles. The van der Waals surface area contributed by atoms with Gasteiger partial charge in [-0.2, -0.15) is 26.8 Å². The van der Waals surface area contributed by atoms with E-state index in [4.69, 9.17) is 0 Å². The quantitative estimate of drug-likeness (QED) is 0.575. The van der Waals surface area contributed by atoms with Crippen molar-refractivity contribution in [3.63, 3.8) is 0 Å². The van der Waals surface area contributed by atoms with Crippen LogP contribution in [0.2, 0.25) is 0 Å². The van der Waals surface area contributed by atoms with E-state index in [0.717, 1.165) is 6.42 Å². The molecule has 3 heteroatoms. The zero-order valence-corrected chi connectivity index (χ0v) is 15.6. The van der Waals surface area contributed by atoms with Gasteiger partial charge in [0, 0.05) is 0 Å². The van der Waals surface area contributed by atoms with Gasteiger partial charge in [0.05, 0.1) is 0 Å². The molecule has 1 rings (SSSR count). The summed E-state index contributed by atoms with van der Waals surface area (Å²) in [6.07, 6.45) is 14.4. The molecule has 0 heterocycles. The minimum absolute atomic E-state index is 0. The van der Waals surface area contributed by atoms with Gasteiger partial charge >= 0.3 is 26.2 Å². The molecule has 0 radical (unpaired) electrons. The van der Waals surface area contributed by atoms with E-state index in [0.29, 0.717) is 12.8 Å². The van der Waals surface area contributed by atoms with Crippen molar-refractivity contribution in [2.24, 2.45) is 0 Å². The predicted molar refractivity (Wildman–Crippen MR) is 81.2 cm³/mol. The average molecular weight is 356 g/mol. The largest absolute Gasteiger partial charge is 4.00 e. The normalized spacial score (nSPS) is 9.90. The van der Waals surface area contributed by atoms with Crippen molar-refractivity contribution in [1.82, 2.24) is 0 Å². The van der Waals surface area contributed by atoms with Crippen LogP contribution in [-0.2, 0) is 26.2 Å². The fraction of sp³-hybridized carbons (Fsp3) is 0.471. The molecule has 0 saturated carbocycles. The molecule has 0 atom stereocenters. The first-order valence-electron chi connectivity index (χ1n) is 6.43. The second-order valence-corrected chi connectivity index (χ2v) is 4.07. The van der Waals surface area contributed by atoms with Gasteiger partial charge in [-0.05, 0) is 0 Å². The van der Waals surface area contributed by atoms with Crippen molar-refractivity contribution in [3.8, 4) is 0 Å². The predicted octanol–water partition coefficient (Wildman–Crippen LogP) is 2.77. The Morgan fingerprint density at radius 1 is 1.10 bits per heavy atom. The summed E-state index contributed by atoms with van der Waals surface area (Å²) in [5.74, 6) is 1.42. The van der Waals surface area contributed by atoms with Crippen molar-refractivity contribution >= 4 is 0 Å². The Hall–Kier alpha value is -0.237. The number of hydrogen-bond acceptors (Lipinski definition) is 2. The summed E-state index contributed by atoms with van der Waals surface area (Å²) in [5, 5.41) is 18.9. The third kappa shape index (κ3) is 65.0. The first kappa shape index (κ1) is 28.0. The van der Waals surface area contributed by atoms with Gasteiger partial charge in [0.15, 0.2) is 0 Å². The van der Waals surface area contributed by atoms with Crippen LogP contribution in [0.4, 0.5) is 0 Å². The minimum Gasteiger partial charge on any atom is -0.854 e. The molecule has 0 fully saturated rings. The van der Waals surface area contributed by atoms with E-state index in [1.54, 1.807) is 12.2 Å². The molecule has 0 unspecified atom stereocenters. The van der Waals surface area contributed by atoms with Crippen molar-refractivity contribution in [2.45, 2.75) is 40.0 Å². The molecule has 0 aromatic carbocycles. The fourth-order valence-corrected chi connectivity index (χ4v) is 0.507. The second-order valence-electron chi connectivity index (χ2n) is 4.07. The first-order valence-corrected chi connectivity index (χ1v) is 6.43. The topological polar surface area (TPSA) is 46.1 Å². The summed E-state index contributed by atoms with van der Waals surface area (Å²) in [5.41, 5.74) is 0. The minimum atomic E-state index is -0.0243. The van der Waals surface area contributed by atoms with E-state index in [-0.39, 0.29) is 39.4 Å². The Morgan fingerprint density at radius 3 is 1.55 bits per heavy atom. The smallest absolute Gasteiger partial charge is 0.854 e. The molecule has 0 bridgehead atoms. The molecule has 1 aliphatic rings. The van der Waals surface area contributed by atoms with Crippen LogP contribution < -0.4 is 10.2 Å². The van der Waals surface area contributed by atoms with E-state index in [2.05, 4.69) is 46.1 Å². The molecule has 1 aliphatic carbocycles. The maximum absolute atomic E-state index is 9.46. The van der Waals surface area contributed by atoms with Crippen molar-refractivity contribution in [1.29, 1.82) is 0 Å². The summed E-state index contributed by atoms with van der Waals surface area (Å²) in [6.45, 7) is 12.9. The Kier molecular flexibility index (Phi) is 43.8. The molecular weight excluding hydrogens is 327 g/mol. The Bertz CT molecular complexity index is 198. The van der Waals surface area contributed by atoms with Crippen LogP contribution in [0.25, 0.3) is 0 Å². The van der Waals surface area contributed by atoms with Gasteiger partial charge in [-0.25, -0.2) is 12.2 Å². The van der Waals surface area contributed by atoms with E-state index >= 15 is 0 Å². The van der Waals surface area contributed by atoms with Gasteiger partial charge in [-0.15, -0.1) is 32.8 Å². The van der Waals surface area contributed by atoms with Crippen LogP contribution in [0.1, 0.15) is 40.0 Å². The molecule has 0 N–H and O–H groups in total. The summed E-state index contributed by atoms with van der Waals surface area (Å²) >= 11 is 0. The van der Waals surface area contributed by atoms with E-state index in [9.17, 15) is 10.2 Å². The van der Waals surface area contributed by atoms with Crippen LogP contribution in [0.5, 0.6) is 0 Å². The first-order chi connectivity index (χ1) is 9.06. The van der Waals surface area contributed by atoms with E-state index in [1.807, 2.05) is 12.2 Å². The second kappa shape index (κ2) is 31.3. The molecule has 0 aliphatic heterocycles. The summed E-state index contributed by atoms with van der Waals surface area (Å²) in [4.78, 5) is 0. The number of allylic oxidation sites excluding steroid dienone is 4. The van der Waals surface area contributed by atoms with Crippen LogP contribution in [0.15, 0.2) is 43.5 Å². The van der Waals surface area contributed by atoms with Crippen LogP contribution in [-0.4, -0.2) is 13.2 Å². The zero-order valence-electron chi connectivity index (χ0n) is 13.2. The van der Waals surface area contributed by atoms with E-state index in [1.165, 1.54) is 5.92 Å². The van der Waals surface area contributed by atoms with Crippen molar-refractivity contribution in [2.75, 3.05) is 13.2 Å². The molecule has 112 valence electrons. The Labute approximate surface area is 145 Å². The maximum atomic E-state index is 9.46.